The Bertz CT molecular complexity index is 745. The Kier molecular flexibility index (Phi) is 3.39. The van der Waals surface area contributed by atoms with Crippen LogP contribution in [0, 0.1) is 16.0 Å². The van der Waals surface area contributed by atoms with Crippen LogP contribution in [0.2, 0.25) is 0 Å². The quantitative estimate of drug-likeness (QED) is 0.168. The number of nitrogens with zero attached hydrogens (tertiary/aromatic N) is 7. The van der Waals surface area contributed by atoms with Crippen molar-refractivity contribution in [2.45, 2.75) is 0 Å². The number of rotatable bonds is 2. The molecule has 0 aliphatic carbocycles. The lowest BCUT2D eigenvalue weighted by Gasteiger charge is -2.31. The zero-order chi connectivity index (χ0) is 16.8. The lowest BCUT2D eigenvalue weighted by molar-refractivity contribution is -0.427. The normalized spacial score (nSPS) is 22.0. The molecule has 2 aliphatic rings. The molecule has 0 aromatic rings. The van der Waals surface area contributed by atoms with Crippen molar-refractivity contribution in [3.63, 3.8) is 0 Å². The van der Waals surface area contributed by atoms with Gasteiger partial charge >= 0.3 is 23.5 Å². The van der Waals surface area contributed by atoms with Gasteiger partial charge in [-0.2, -0.15) is 4.90 Å². The molecular weight excluding hydrogens is 298 g/mol. The maximum Gasteiger partial charge on any atom is 0.445 e. The Morgan fingerprint density at radius 3 is 2.41 bits per heavy atom. The number of likely N-dealkylation sites (N-methyl/N-ethyl adjacent to an activating group) is 1. The predicted molar refractivity (Wildman–Crippen MR) is 68.8 cm³/mol. The van der Waals surface area contributed by atoms with E-state index in [4.69, 9.17) is 5.53 Å². The van der Waals surface area contributed by atoms with Gasteiger partial charge in [0, 0.05) is 4.91 Å². The monoisotopic (exact) mass is 308 g/mol. The summed E-state index contributed by atoms with van der Waals surface area (Å²) >= 11 is 0. The Morgan fingerprint density at radius 1 is 1.32 bits per heavy atom. The van der Waals surface area contributed by atoms with Crippen molar-refractivity contribution in [1.29, 1.82) is 0 Å². The highest BCUT2D eigenvalue weighted by Crippen LogP contribution is 2.31. The minimum absolute atomic E-state index is 0.0916. The van der Waals surface area contributed by atoms with Gasteiger partial charge in [-0.25, -0.2) is 19.1 Å². The largest absolute Gasteiger partial charge is 0.445 e. The zero-order valence-corrected chi connectivity index (χ0v) is 11.7. The lowest BCUT2D eigenvalue weighted by atomic mass is 9.94. The van der Waals surface area contributed by atoms with E-state index in [1.165, 1.54) is 21.1 Å². The molecule has 1 atom stereocenters. The molecule has 2 rings (SSSR count). The molecule has 0 saturated carbocycles. The third-order valence-electron chi connectivity index (χ3n) is 3.46. The van der Waals surface area contributed by atoms with E-state index in [2.05, 4.69) is 10.0 Å². The van der Waals surface area contributed by atoms with E-state index in [0.29, 0.717) is 0 Å². The molecule has 0 radical (unpaired) electrons. The summed E-state index contributed by atoms with van der Waals surface area (Å²) in [6.07, 6.45) is 0. The minimum atomic E-state index is -1.40. The van der Waals surface area contributed by atoms with Crippen molar-refractivity contribution in [3.8, 4) is 0 Å². The van der Waals surface area contributed by atoms with Crippen molar-refractivity contribution >= 4 is 23.7 Å². The van der Waals surface area contributed by atoms with Crippen LogP contribution in [-0.2, 0) is 9.59 Å². The van der Waals surface area contributed by atoms with Crippen LogP contribution in [0.15, 0.2) is 16.5 Å². The van der Waals surface area contributed by atoms with Gasteiger partial charge in [0.1, 0.15) is 5.70 Å². The number of carbonyl (C=O) groups is 3. The van der Waals surface area contributed by atoms with Crippen LogP contribution in [-0.4, -0.2) is 64.1 Å². The number of amides is 4. The third kappa shape index (κ3) is 1.82. The first-order chi connectivity index (χ1) is 10.2. The van der Waals surface area contributed by atoms with Crippen molar-refractivity contribution in [2.75, 3.05) is 21.1 Å². The van der Waals surface area contributed by atoms with E-state index in [1.807, 2.05) is 0 Å². The summed E-state index contributed by atoms with van der Waals surface area (Å²) in [6.45, 7) is 0. The molecule has 22 heavy (non-hydrogen) atoms. The van der Waals surface area contributed by atoms with Crippen LogP contribution in [0.25, 0.3) is 10.4 Å². The average Bonchev–Trinajstić information content (AvgIpc) is 2.46. The van der Waals surface area contributed by atoms with Crippen LogP contribution in [0.1, 0.15) is 0 Å². The van der Waals surface area contributed by atoms with E-state index in [0.717, 1.165) is 14.4 Å². The molecule has 0 aromatic heterocycles. The van der Waals surface area contributed by atoms with Crippen molar-refractivity contribution in [3.05, 3.63) is 32.0 Å². The number of hydrogen-bond donors (Lipinski definition) is 0. The average molecular weight is 308 g/mol. The number of imide groups is 1. The maximum atomic E-state index is 12.3. The summed E-state index contributed by atoms with van der Waals surface area (Å²) in [5.41, 5.74) is 6.98. The van der Waals surface area contributed by atoms with Crippen LogP contribution in [0.3, 0.4) is 0 Å². The molecular formula is C10H10N7O5+. The SMILES string of the molecule is CN1C(=O)C2C(N=[N+]=[N-])=C([N+](=O)[O-])C(=O)N(C)C2=[N+](C)C1=O. The van der Waals surface area contributed by atoms with Crippen molar-refractivity contribution in [1.82, 2.24) is 9.80 Å². The highest BCUT2D eigenvalue weighted by Gasteiger charge is 2.56. The molecule has 4 amide bonds. The molecule has 0 N–H and O–H groups in total. The van der Waals surface area contributed by atoms with Gasteiger partial charge in [-0.3, -0.25) is 14.9 Å². The fourth-order valence-electron chi connectivity index (χ4n) is 2.41. The summed E-state index contributed by atoms with van der Waals surface area (Å²) in [6, 6.07) is -0.708. The van der Waals surface area contributed by atoms with Gasteiger partial charge in [0.05, 0.1) is 26.1 Å². The topological polar surface area (TPSA) is 153 Å². The second-order valence-electron chi connectivity index (χ2n) is 4.57. The Balaban J connectivity index is 2.89. The van der Waals surface area contributed by atoms with Gasteiger partial charge in [0.15, 0.2) is 5.92 Å². The van der Waals surface area contributed by atoms with Gasteiger partial charge in [-0.1, -0.05) is 5.11 Å². The summed E-state index contributed by atoms with van der Waals surface area (Å²) < 4.78 is 1.01. The van der Waals surface area contributed by atoms with E-state index in [9.17, 15) is 24.5 Å². The molecule has 12 nitrogen and oxygen atoms in total. The standard InChI is InChI=1S/C10H10N7O5/c1-14-7-4(8(18)16(3)10(20)15(7)2)5(12-13-11)6(9(14)19)17(21)22/h4H,1-3H3/q+1. The number of azide groups is 1. The Labute approximate surface area is 122 Å². The number of fused-ring (bicyclic) bond motifs is 1. The molecule has 114 valence electrons. The van der Waals surface area contributed by atoms with Crippen LogP contribution >= 0.6 is 0 Å². The lowest BCUT2D eigenvalue weighted by Crippen LogP contribution is -2.60. The molecule has 0 bridgehead atoms. The van der Waals surface area contributed by atoms with Crippen molar-refractivity contribution in [2.24, 2.45) is 11.0 Å². The van der Waals surface area contributed by atoms with Crippen LogP contribution < -0.4 is 0 Å². The summed E-state index contributed by atoms with van der Waals surface area (Å²) in [7, 11) is 3.69. The number of hydrogen-bond acceptors (Lipinski definition) is 6. The first kappa shape index (κ1) is 15.1. The fraction of sp³-hybridized carbons (Fsp3) is 0.400. The molecule has 1 unspecified atom stereocenters. The van der Waals surface area contributed by atoms with Gasteiger partial charge in [0.2, 0.25) is 5.84 Å². The van der Waals surface area contributed by atoms with E-state index in [-0.39, 0.29) is 5.84 Å². The molecule has 0 saturated heterocycles. The second kappa shape index (κ2) is 4.93. The molecule has 12 heteroatoms. The number of urea groups is 1. The summed E-state index contributed by atoms with van der Waals surface area (Å²) in [5.74, 6) is -3.38. The highest BCUT2D eigenvalue weighted by atomic mass is 16.6. The van der Waals surface area contributed by atoms with Gasteiger partial charge < -0.3 is 0 Å². The minimum Gasteiger partial charge on any atom is -0.258 e. The molecule has 2 aliphatic heterocycles. The van der Waals surface area contributed by atoms with Gasteiger partial charge in [0.25, 0.3) is 0 Å². The predicted octanol–water partition coefficient (Wildman–Crippen LogP) is -0.494. The smallest absolute Gasteiger partial charge is 0.258 e. The maximum absolute atomic E-state index is 12.3. The first-order valence-electron chi connectivity index (χ1n) is 5.87. The highest BCUT2D eigenvalue weighted by molar-refractivity contribution is 6.19. The molecule has 0 spiro atoms. The van der Waals surface area contributed by atoms with Gasteiger partial charge in [-0.05, 0) is 5.53 Å². The fourth-order valence-corrected chi connectivity index (χ4v) is 2.41. The number of amidine groups is 1. The summed E-state index contributed by atoms with van der Waals surface area (Å²) in [4.78, 5) is 50.5. The Hall–Kier alpha value is -3.27. The second-order valence-corrected chi connectivity index (χ2v) is 4.57. The van der Waals surface area contributed by atoms with Crippen LogP contribution in [0.4, 0.5) is 4.79 Å². The number of carbonyl (C=O) groups excluding carboxylic acids is 3. The zero-order valence-electron chi connectivity index (χ0n) is 11.7. The van der Waals surface area contributed by atoms with E-state index < -0.39 is 40.1 Å². The number of nitro groups is 1. The molecule has 2 heterocycles. The van der Waals surface area contributed by atoms with Crippen LogP contribution in [0.5, 0.6) is 0 Å². The van der Waals surface area contributed by atoms with Gasteiger partial charge in [-0.15, -0.1) is 0 Å². The Morgan fingerprint density at radius 2 is 1.91 bits per heavy atom. The molecule has 0 aromatic carbocycles. The van der Waals surface area contributed by atoms with E-state index in [1.54, 1.807) is 0 Å². The van der Waals surface area contributed by atoms with Crippen molar-refractivity contribution < 1.29 is 23.9 Å². The first-order valence-corrected chi connectivity index (χ1v) is 5.87. The molecule has 0 fully saturated rings. The van der Waals surface area contributed by atoms with E-state index >= 15 is 0 Å². The summed E-state index contributed by atoms with van der Waals surface area (Å²) in [5, 5.41) is 14.3. The third-order valence-corrected chi connectivity index (χ3v) is 3.46.